The average Bonchev–Trinajstić information content (AvgIpc) is 2.90. The Morgan fingerprint density at radius 3 is 1.76 bits per heavy atom. The van der Waals surface area contributed by atoms with Crippen molar-refractivity contribution in [2.75, 3.05) is 23.9 Å². The molecule has 0 atom stereocenters. The summed E-state index contributed by atoms with van der Waals surface area (Å²) in [6.45, 7) is 5.41. The number of carbonyl (C=O) groups excluding carboxylic acids is 1. The van der Waals surface area contributed by atoms with Gasteiger partial charge in [0.15, 0.2) is 5.78 Å². The molecule has 4 nitrogen and oxygen atoms in total. The Hall–Kier alpha value is -4.32. The van der Waals surface area contributed by atoms with Crippen LogP contribution in [0.2, 0.25) is 6.82 Å². The van der Waals surface area contributed by atoms with Crippen LogP contribution in [0.3, 0.4) is 0 Å². The van der Waals surface area contributed by atoms with Gasteiger partial charge in [-0.3, -0.25) is 9.11 Å². The number of carbonyl (C=O) groups is 1. The van der Waals surface area contributed by atoms with Crippen molar-refractivity contribution < 1.29 is 13.8 Å². The Morgan fingerprint density at radius 2 is 1.24 bits per heavy atom. The molecule has 192 valence electrons. The van der Waals surface area contributed by atoms with E-state index in [0.717, 1.165) is 22.7 Å². The number of halogens is 1. The van der Waals surface area contributed by atoms with Crippen molar-refractivity contribution >= 4 is 41.5 Å². The van der Waals surface area contributed by atoms with E-state index in [4.69, 9.17) is 4.65 Å². The van der Waals surface area contributed by atoms with Gasteiger partial charge in [-0.05, 0) is 69.2 Å². The number of benzene rings is 4. The summed E-state index contributed by atoms with van der Waals surface area (Å²) in [5.41, 5.74) is 7.17. The van der Waals surface area contributed by atoms with Crippen LogP contribution < -0.4 is 9.80 Å². The van der Waals surface area contributed by atoms with E-state index in [2.05, 4.69) is 67.3 Å². The third-order valence-corrected chi connectivity index (χ3v) is 6.17. The Morgan fingerprint density at radius 1 is 0.737 bits per heavy atom. The van der Waals surface area contributed by atoms with Crippen LogP contribution in [0, 0.1) is 13.8 Å². The second kappa shape index (κ2) is 11.8. The fourth-order valence-electron chi connectivity index (χ4n) is 4.13. The van der Waals surface area contributed by atoms with Gasteiger partial charge >= 0.3 is 7.19 Å². The van der Waals surface area contributed by atoms with Gasteiger partial charge in [0.2, 0.25) is 0 Å². The number of hydrogen-bond donors (Lipinski definition) is 0. The quantitative estimate of drug-likeness (QED) is 0.0992. The van der Waals surface area contributed by atoms with Crippen LogP contribution in [0.4, 0.5) is 27.1 Å². The van der Waals surface area contributed by atoms with Crippen molar-refractivity contribution in [1.29, 1.82) is 0 Å². The van der Waals surface area contributed by atoms with Crippen LogP contribution >= 0.6 is 0 Å². The first-order valence-electron chi connectivity index (χ1n) is 12.6. The van der Waals surface area contributed by atoms with Crippen molar-refractivity contribution in [2.45, 2.75) is 20.7 Å². The van der Waals surface area contributed by atoms with E-state index in [9.17, 15) is 9.11 Å². The summed E-state index contributed by atoms with van der Waals surface area (Å²) in [7, 11) is 2.24. The lowest BCUT2D eigenvalue weighted by atomic mass is 9.98. The topological polar surface area (TPSA) is 32.8 Å². The molecule has 0 saturated heterocycles. The average molecular weight is 506 g/mol. The van der Waals surface area contributed by atoms with Crippen LogP contribution in [0.15, 0.2) is 103 Å². The summed E-state index contributed by atoms with van der Waals surface area (Å²) in [5, 5.41) is 0. The molecule has 0 amide bonds. The van der Waals surface area contributed by atoms with Gasteiger partial charge in [0.1, 0.15) is 5.76 Å². The number of nitrogens with zero attached hydrogens (tertiary/aromatic N) is 2. The Labute approximate surface area is 225 Å². The molecule has 0 bridgehead atoms. The molecule has 0 N–H and O–H groups in total. The molecule has 0 spiro atoms. The molecule has 0 aliphatic rings. The highest BCUT2D eigenvalue weighted by molar-refractivity contribution is 6.43. The molecule has 0 fully saturated rings. The molecule has 38 heavy (non-hydrogen) atoms. The molecule has 0 saturated carbocycles. The van der Waals surface area contributed by atoms with Gasteiger partial charge in [0.05, 0.1) is 0 Å². The minimum Gasteiger partial charge on any atom is -0.533 e. The van der Waals surface area contributed by atoms with Crippen LogP contribution in [0.1, 0.15) is 27.0 Å². The van der Waals surface area contributed by atoms with Crippen LogP contribution in [-0.4, -0.2) is 27.1 Å². The van der Waals surface area contributed by atoms with Crippen LogP contribution in [0.5, 0.6) is 0 Å². The minimum absolute atomic E-state index is 0.176. The first kappa shape index (κ1) is 26.7. The summed E-state index contributed by atoms with van der Waals surface area (Å²) >= 11 is 0. The second-order valence-corrected chi connectivity index (χ2v) is 9.54. The van der Waals surface area contributed by atoms with Gasteiger partial charge < -0.3 is 14.5 Å². The fourth-order valence-corrected chi connectivity index (χ4v) is 4.13. The maximum atomic E-state index is 14.1. The molecule has 4 aromatic rings. The number of aryl methyl sites for hydroxylation is 2. The molecule has 4 rings (SSSR count). The molecule has 6 heteroatoms. The normalized spacial score (nSPS) is 11.2. The number of rotatable bonds is 9. The van der Waals surface area contributed by atoms with Gasteiger partial charge in [0.25, 0.3) is 0 Å². The number of allylic oxidation sites excluding steroid dienone is 1. The highest BCUT2D eigenvalue weighted by Gasteiger charge is 2.18. The second-order valence-electron chi connectivity index (χ2n) is 9.54. The van der Waals surface area contributed by atoms with E-state index in [-0.39, 0.29) is 11.5 Å². The van der Waals surface area contributed by atoms with E-state index in [0.29, 0.717) is 11.1 Å². The Bertz CT molecular complexity index is 1390. The summed E-state index contributed by atoms with van der Waals surface area (Å²) in [6.07, 6.45) is 1.37. The zero-order chi connectivity index (χ0) is 27.2. The van der Waals surface area contributed by atoms with E-state index in [1.807, 2.05) is 61.5 Å². The van der Waals surface area contributed by atoms with Crippen LogP contribution in [0.25, 0.3) is 5.76 Å². The summed E-state index contributed by atoms with van der Waals surface area (Å²) in [6, 6.07) is 31.5. The lowest BCUT2D eigenvalue weighted by Gasteiger charge is -2.26. The smallest absolute Gasteiger partial charge is 0.533 e. The first-order valence-corrected chi connectivity index (χ1v) is 12.6. The molecule has 0 aliphatic heterocycles. The molecule has 0 aliphatic carbocycles. The van der Waals surface area contributed by atoms with Gasteiger partial charge in [-0.25, -0.2) is 0 Å². The largest absolute Gasteiger partial charge is 0.561 e. The molecule has 0 unspecified atom stereocenters. The van der Waals surface area contributed by atoms with Crippen LogP contribution in [-0.2, 0) is 4.65 Å². The first-order chi connectivity index (χ1) is 18.2. The molecular formula is C32H32BFN2O2. The lowest BCUT2D eigenvalue weighted by Crippen LogP contribution is -2.12. The Balaban J connectivity index is 1.78. The lowest BCUT2D eigenvalue weighted by molar-refractivity contribution is 0.104. The van der Waals surface area contributed by atoms with Crippen molar-refractivity contribution in [2.24, 2.45) is 0 Å². The summed E-state index contributed by atoms with van der Waals surface area (Å²) in [4.78, 5) is 17.3. The van der Waals surface area contributed by atoms with Crippen molar-refractivity contribution in [1.82, 2.24) is 0 Å². The molecule has 0 heterocycles. The molecule has 0 radical (unpaired) electrons. The van der Waals surface area contributed by atoms with Crippen molar-refractivity contribution in [3.63, 3.8) is 0 Å². The Kier molecular flexibility index (Phi) is 8.32. The number of ketones is 1. The van der Waals surface area contributed by atoms with Crippen molar-refractivity contribution in [3.8, 4) is 0 Å². The zero-order valence-electron chi connectivity index (χ0n) is 22.5. The highest BCUT2D eigenvalue weighted by Crippen LogP contribution is 2.36. The van der Waals surface area contributed by atoms with E-state index >= 15 is 0 Å². The maximum Gasteiger partial charge on any atom is 0.561 e. The van der Waals surface area contributed by atoms with E-state index < -0.39 is 7.19 Å². The zero-order valence-corrected chi connectivity index (χ0v) is 22.5. The maximum absolute atomic E-state index is 14.1. The third kappa shape index (κ3) is 6.51. The summed E-state index contributed by atoms with van der Waals surface area (Å²) < 4.78 is 19.7. The predicted molar refractivity (Wildman–Crippen MR) is 157 cm³/mol. The third-order valence-electron chi connectivity index (χ3n) is 6.17. The molecule has 0 aromatic heterocycles. The predicted octanol–water partition coefficient (Wildman–Crippen LogP) is 8.17. The van der Waals surface area contributed by atoms with Gasteiger partial charge in [-0.15, -0.1) is 0 Å². The number of hydrogen-bond acceptors (Lipinski definition) is 4. The standard InChI is InChI=1S/C32H32BFN2O2/c1-23-12-16-27(17-13-23)36(28-18-14-24(2)15-19-28)30-11-7-9-26(21-30)32(38-33(3)34)22-31(37)25-8-6-10-29(20-25)35(4)5/h6-22H,1-5H3/b32-22-. The molecular weight excluding hydrogens is 474 g/mol. The van der Waals surface area contributed by atoms with Gasteiger partial charge in [-0.2, -0.15) is 0 Å². The minimum atomic E-state index is -1.59. The summed E-state index contributed by atoms with van der Waals surface area (Å²) in [5.74, 6) is -0.0847. The van der Waals surface area contributed by atoms with E-state index in [1.165, 1.54) is 24.0 Å². The fraction of sp³-hybridized carbons (Fsp3) is 0.156. The molecule has 4 aromatic carbocycles. The monoisotopic (exact) mass is 506 g/mol. The SMILES string of the molecule is CB(F)O/C(=C\C(=O)c1cccc(N(C)C)c1)c1cccc(N(c2ccc(C)cc2)c2ccc(C)cc2)c1. The van der Waals surface area contributed by atoms with E-state index in [1.54, 1.807) is 6.07 Å². The van der Waals surface area contributed by atoms with Crippen molar-refractivity contribution in [3.05, 3.63) is 125 Å². The van der Waals surface area contributed by atoms with Gasteiger partial charge in [0, 0.05) is 54.0 Å². The highest BCUT2D eigenvalue weighted by atomic mass is 19.1. The number of anilines is 4. The van der Waals surface area contributed by atoms with Gasteiger partial charge in [-0.1, -0.05) is 59.7 Å².